The number of thiazole rings is 1. The lowest BCUT2D eigenvalue weighted by molar-refractivity contribution is -0.121. The molecule has 1 aromatic heterocycles. The molecule has 1 aromatic carbocycles. The Morgan fingerprint density at radius 1 is 1.15 bits per heavy atom. The number of nitrogens with zero attached hydrogens (tertiary/aromatic N) is 1. The predicted molar refractivity (Wildman–Crippen MR) is 106 cm³/mol. The van der Waals surface area contributed by atoms with Crippen molar-refractivity contribution in [3.8, 4) is 5.75 Å². The van der Waals surface area contributed by atoms with E-state index < -0.39 is 0 Å². The minimum Gasteiger partial charge on any atom is -0.486 e. The summed E-state index contributed by atoms with van der Waals surface area (Å²) in [6.45, 7) is 0.399. The van der Waals surface area contributed by atoms with E-state index in [4.69, 9.17) is 16.3 Å². The SMILES string of the molecule is O=C(Cc1csc(COc2ccc(Cl)cc2)n1)NC1CCCCCCC1. The zero-order valence-corrected chi connectivity index (χ0v) is 16.5. The number of carbonyl (C=O) groups is 1. The fourth-order valence-electron chi connectivity index (χ4n) is 3.22. The van der Waals surface area contributed by atoms with Crippen LogP contribution >= 0.6 is 22.9 Å². The van der Waals surface area contributed by atoms with Gasteiger partial charge in [-0.3, -0.25) is 4.79 Å². The van der Waals surface area contributed by atoms with E-state index in [-0.39, 0.29) is 5.91 Å². The van der Waals surface area contributed by atoms with Crippen LogP contribution in [0.2, 0.25) is 5.02 Å². The first-order valence-electron chi connectivity index (χ1n) is 9.30. The molecule has 1 N–H and O–H groups in total. The first-order chi connectivity index (χ1) is 12.7. The number of rotatable bonds is 6. The molecule has 6 heteroatoms. The Hall–Kier alpha value is -1.59. The summed E-state index contributed by atoms with van der Waals surface area (Å²) in [5.41, 5.74) is 0.813. The van der Waals surface area contributed by atoms with Crippen molar-refractivity contribution in [3.05, 3.63) is 45.4 Å². The number of carbonyl (C=O) groups excluding carboxylic acids is 1. The minimum atomic E-state index is 0.0750. The molecule has 1 amide bonds. The molecule has 0 atom stereocenters. The highest BCUT2D eigenvalue weighted by atomic mass is 35.5. The van der Waals surface area contributed by atoms with E-state index in [2.05, 4.69) is 10.3 Å². The smallest absolute Gasteiger partial charge is 0.226 e. The lowest BCUT2D eigenvalue weighted by Crippen LogP contribution is -2.36. The summed E-state index contributed by atoms with van der Waals surface area (Å²) in [6, 6.07) is 7.58. The van der Waals surface area contributed by atoms with Gasteiger partial charge < -0.3 is 10.1 Å². The molecule has 3 rings (SSSR count). The van der Waals surface area contributed by atoms with Gasteiger partial charge in [0.2, 0.25) is 5.91 Å². The van der Waals surface area contributed by atoms with Crippen molar-refractivity contribution in [2.24, 2.45) is 0 Å². The second-order valence-corrected chi connectivity index (χ2v) is 8.14. The van der Waals surface area contributed by atoms with Gasteiger partial charge in [-0.05, 0) is 37.1 Å². The van der Waals surface area contributed by atoms with E-state index in [1.165, 1.54) is 43.4 Å². The van der Waals surface area contributed by atoms with Gasteiger partial charge in [-0.2, -0.15) is 0 Å². The standard InChI is InChI=1S/C20H25ClN2O2S/c21-15-8-10-18(11-9-15)25-13-20-23-17(14-26-20)12-19(24)22-16-6-4-2-1-3-5-7-16/h8-11,14,16H,1-7,12-13H2,(H,22,24). The molecule has 0 spiro atoms. The molecular formula is C20H25ClN2O2S. The summed E-state index contributed by atoms with van der Waals surface area (Å²) in [7, 11) is 0. The maximum absolute atomic E-state index is 12.3. The van der Waals surface area contributed by atoms with Gasteiger partial charge in [-0.25, -0.2) is 4.98 Å². The minimum absolute atomic E-state index is 0.0750. The van der Waals surface area contributed by atoms with Crippen molar-refractivity contribution < 1.29 is 9.53 Å². The number of nitrogens with one attached hydrogen (secondary N) is 1. The van der Waals surface area contributed by atoms with E-state index in [9.17, 15) is 4.79 Å². The first kappa shape index (κ1) is 19.2. The zero-order chi connectivity index (χ0) is 18.2. The predicted octanol–water partition coefficient (Wildman–Crippen LogP) is 5.15. The van der Waals surface area contributed by atoms with Crippen molar-refractivity contribution in [2.45, 2.75) is 64.0 Å². The summed E-state index contributed by atoms with van der Waals surface area (Å²) >= 11 is 7.39. The lowest BCUT2D eigenvalue weighted by Gasteiger charge is -2.20. The lowest BCUT2D eigenvalue weighted by atomic mass is 9.96. The molecule has 1 fully saturated rings. The molecule has 0 saturated heterocycles. The number of benzene rings is 1. The van der Waals surface area contributed by atoms with Crippen LogP contribution in [-0.4, -0.2) is 16.9 Å². The Morgan fingerprint density at radius 3 is 2.58 bits per heavy atom. The number of halogens is 1. The van der Waals surface area contributed by atoms with Gasteiger partial charge in [0.05, 0.1) is 12.1 Å². The highest BCUT2D eigenvalue weighted by Gasteiger charge is 2.15. The molecule has 1 saturated carbocycles. The molecular weight excluding hydrogens is 368 g/mol. The first-order valence-corrected chi connectivity index (χ1v) is 10.6. The highest BCUT2D eigenvalue weighted by molar-refractivity contribution is 7.09. The topological polar surface area (TPSA) is 51.2 Å². The van der Waals surface area contributed by atoms with Crippen LogP contribution in [0.15, 0.2) is 29.6 Å². The third kappa shape index (κ3) is 6.29. The molecule has 1 aliphatic rings. The van der Waals surface area contributed by atoms with Gasteiger partial charge in [-0.15, -0.1) is 11.3 Å². The van der Waals surface area contributed by atoms with Crippen molar-refractivity contribution >= 4 is 28.8 Å². The second kappa shape index (κ2) is 9.93. The second-order valence-electron chi connectivity index (χ2n) is 6.76. The van der Waals surface area contributed by atoms with Gasteiger partial charge in [0.15, 0.2) is 0 Å². The number of hydrogen-bond donors (Lipinski definition) is 1. The normalized spacial score (nSPS) is 15.9. The largest absolute Gasteiger partial charge is 0.486 e. The molecule has 4 nitrogen and oxygen atoms in total. The summed E-state index contributed by atoms with van der Waals surface area (Å²) in [6.07, 6.45) is 8.88. The molecule has 0 bridgehead atoms. The quantitative estimate of drug-likeness (QED) is 0.739. The Labute approximate surface area is 163 Å². The van der Waals surface area contributed by atoms with Crippen LogP contribution in [0.4, 0.5) is 0 Å². The van der Waals surface area contributed by atoms with Gasteiger partial charge in [0.1, 0.15) is 17.4 Å². The maximum atomic E-state index is 12.3. The van der Waals surface area contributed by atoms with Crippen LogP contribution in [0.1, 0.15) is 55.6 Å². The average Bonchev–Trinajstić information content (AvgIpc) is 3.04. The fraction of sp³-hybridized carbons (Fsp3) is 0.500. The molecule has 26 heavy (non-hydrogen) atoms. The molecule has 0 unspecified atom stereocenters. The van der Waals surface area contributed by atoms with Crippen molar-refractivity contribution in [1.29, 1.82) is 0 Å². The summed E-state index contributed by atoms with van der Waals surface area (Å²) in [5, 5.41) is 6.69. The van der Waals surface area contributed by atoms with Gasteiger partial charge in [0.25, 0.3) is 0 Å². The molecule has 0 radical (unpaired) electrons. The van der Waals surface area contributed by atoms with E-state index in [1.807, 2.05) is 17.5 Å². The number of amides is 1. The highest BCUT2D eigenvalue weighted by Crippen LogP contribution is 2.19. The van der Waals surface area contributed by atoms with Crippen molar-refractivity contribution in [2.75, 3.05) is 0 Å². The number of aromatic nitrogens is 1. The third-order valence-electron chi connectivity index (χ3n) is 4.59. The van der Waals surface area contributed by atoms with Gasteiger partial charge >= 0.3 is 0 Å². The van der Waals surface area contributed by atoms with Crippen LogP contribution in [0.3, 0.4) is 0 Å². The van der Waals surface area contributed by atoms with Crippen LogP contribution in [0.25, 0.3) is 0 Å². The van der Waals surface area contributed by atoms with E-state index in [0.717, 1.165) is 29.3 Å². The molecule has 1 heterocycles. The third-order valence-corrected chi connectivity index (χ3v) is 5.71. The Morgan fingerprint density at radius 2 is 1.85 bits per heavy atom. The molecule has 0 aliphatic heterocycles. The summed E-state index contributed by atoms with van der Waals surface area (Å²) in [4.78, 5) is 16.8. The van der Waals surface area contributed by atoms with Crippen molar-refractivity contribution in [3.63, 3.8) is 0 Å². The Bertz CT molecular complexity index is 694. The number of ether oxygens (including phenoxy) is 1. The van der Waals surface area contributed by atoms with Crippen LogP contribution in [-0.2, 0) is 17.8 Å². The Balaban J connectivity index is 1.44. The van der Waals surface area contributed by atoms with E-state index in [1.54, 1.807) is 12.1 Å². The fourth-order valence-corrected chi connectivity index (χ4v) is 4.05. The van der Waals surface area contributed by atoms with Crippen LogP contribution in [0.5, 0.6) is 5.75 Å². The van der Waals surface area contributed by atoms with Crippen LogP contribution in [0, 0.1) is 0 Å². The van der Waals surface area contributed by atoms with Crippen LogP contribution < -0.4 is 10.1 Å². The molecule has 2 aromatic rings. The van der Waals surface area contributed by atoms with E-state index >= 15 is 0 Å². The van der Waals surface area contributed by atoms with Gasteiger partial charge in [0, 0.05) is 16.4 Å². The molecule has 1 aliphatic carbocycles. The Kier molecular flexibility index (Phi) is 7.32. The monoisotopic (exact) mass is 392 g/mol. The van der Waals surface area contributed by atoms with E-state index in [0.29, 0.717) is 24.1 Å². The molecule has 140 valence electrons. The van der Waals surface area contributed by atoms with Gasteiger partial charge in [-0.1, -0.05) is 43.7 Å². The summed E-state index contributed by atoms with van der Waals surface area (Å²) < 4.78 is 5.70. The average molecular weight is 393 g/mol. The number of hydrogen-bond acceptors (Lipinski definition) is 4. The van der Waals surface area contributed by atoms with Crippen molar-refractivity contribution in [1.82, 2.24) is 10.3 Å². The maximum Gasteiger partial charge on any atom is 0.226 e. The summed E-state index contributed by atoms with van der Waals surface area (Å²) in [5.74, 6) is 0.833. The zero-order valence-electron chi connectivity index (χ0n) is 14.9.